The average molecular weight is 375 g/mol. The summed E-state index contributed by atoms with van der Waals surface area (Å²) in [5, 5.41) is 0. The van der Waals surface area contributed by atoms with Crippen LogP contribution < -0.4 is 4.90 Å². The van der Waals surface area contributed by atoms with Gasteiger partial charge in [-0.3, -0.25) is 9.69 Å². The minimum Gasteiger partial charge on any atom is -0.312 e. The summed E-state index contributed by atoms with van der Waals surface area (Å²) in [6, 6.07) is 18.9. The molecule has 1 fully saturated rings. The van der Waals surface area contributed by atoms with Gasteiger partial charge in [0.2, 0.25) is 5.91 Å². The van der Waals surface area contributed by atoms with E-state index in [1.807, 2.05) is 17.0 Å². The summed E-state index contributed by atoms with van der Waals surface area (Å²) in [7, 11) is 0. The molecule has 146 valence electrons. The smallest absolute Gasteiger partial charge is 0.227 e. The van der Waals surface area contributed by atoms with Crippen LogP contribution in [0.1, 0.15) is 36.8 Å². The molecule has 2 heterocycles. The molecule has 1 saturated heterocycles. The van der Waals surface area contributed by atoms with Gasteiger partial charge in [-0.25, -0.2) is 0 Å². The number of benzene rings is 2. The highest BCUT2D eigenvalue weighted by molar-refractivity contribution is 5.94. The molecule has 2 aliphatic heterocycles. The van der Waals surface area contributed by atoms with Crippen molar-refractivity contribution in [3.05, 3.63) is 71.8 Å². The van der Waals surface area contributed by atoms with Crippen molar-refractivity contribution in [1.82, 2.24) is 4.90 Å². The second kappa shape index (κ2) is 9.20. The molecule has 0 radical (unpaired) electrons. The Kier molecular flexibility index (Phi) is 6.23. The van der Waals surface area contributed by atoms with Gasteiger partial charge in [0, 0.05) is 25.2 Å². The summed E-state index contributed by atoms with van der Waals surface area (Å²) in [5.41, 5.74) is 3.72. The Hall–Kier alpha value is -2.39. The van der Waals surface area contributed by atoms with Gasteiger partial charge in [0.15, 0.2) is 0 Å². The Labute approximate surface area is 168 Å². The molecule has 2 aliphatic rings. The average Bonchev–Trinajstić information content (AvgIpc) is 2.75. The summed E-state index contributed by atoms with van der Waals surface area (Å²) in [6.45, 7) is 4.05. The Bertz CT molecular complexity index is 806. The first-order valence-corrected chi connectivity index (χ1v) is 10.6. The largest absolute Gasteiger partial charge is 0.312 e. The first-order chi connectivity index (χ1) is 13.8. The van der Waals surface area contributed by atoms with Crippen LogP contribution in [0.5, 0.6) is 0 Å². The van der Waals surface area contributed by atoms with Crippen LogP contribution in [0.3, 0.4) is 0 Å². The maximum atomic E-state index is 12.9. The van der Waals surface area contributed by atoms with Gasteiger partial charge < -0.3 is 4.90 Å². The Morgan fingerprint density at radius 2 is 1.71 bits per heavy atom. The van der Waals surface area contributed by atoms with E-state index in [0.29, 0.717) is 18.2 Å². The number of rotatable bonds is 5. The molecule has 0 unspecified atom stereocenters. The van der Waals surface area contributed by atoms with Crippen LogP contribution in [0.25, 0.3) is 6.08 Å². The Morgan fingerprint density at radius 1 is 0.964 bits per heavy atom. The number of amides is 1. The number of hydrogen-bond acceptors (Lipinski definition) is 2. The van der Waals surface area contributed by atoms with Crippen molar-refractivity contribution in [2.24, 2.45) is 5.92 Å². The third-order valence-electron chi connectivity index (χ3n) is 6.06. The van der Waals surface area contributed by atoms with Gasteiger partial charge in [0.1, 0.15) is 0 Å². The van der Waals surface area contributed by atoms with Gasteiger partial charge in [-0.05, 0) is 61.9 Å². The number of nitrogens with zero attached hydrogens (tertiary/aromatic N) is 2. The highest BCUT2D eigenvalue weighted by Gasteiger charge is 2.26. The second-order valence-electron chi connectivity index (χ2n) is 8.04. The highest BCUT2D eigenvalue weighted by Crippen LogP contribution is 2.29. The van der Waals surface area contributed by atoms with Gasteiger partial charge in [0.05, 0.1) is 0 Å². The van der Waals surface area contributed by atoms with E-state index < -0.39 is 0 Å². The minimum atomic E-state index is 0.314. The van der Waals surface area contributed by atoms with E-state index in [2.05, 4.69) is 59.5 Å². The number of carbonyl (C=O) groups is 1. The summed E-state index contributed by atoms with van der Waals surface area (Å²) in [4.78, 5) is 17.5. The summed E-state index contributed by atoms with van der Waals surface area (Å²) < 4.78 is 0. The number of aryl methyl sites for hydroxylation is 1. The van der Waals surface area contributed by atoms with E-state index in [0.717, 1.165) is 57.5 Å². The zero-order valence-corrected chi connectivity index (χ0v) is 16.6. The lowest BCUT2D eigenvalue weighted by Crippen LogP contribution is -2.39. The van der Waals surface area contributed by atoms with Gasteiger partial charge in [-0.15, -0.1) is 0 Å². The van der Waals surface area contributed by atoms with Gasteiger partial charge in [-0.1, -0.05) is 60.7 Å². The SMILES string of the molecule is O=C(CC1CCN(C/C=C/c2ccccc2)CC1)N1CCCc2ccccc21. The van der Waals surface area contributed by atoms with Crippen LogP contribution in [0.15, 0.2) is 60.7 Å². The molecule has 0 saturated carbocycles. The molecule has 2 aromatic carbocycles. The van der Waals surface area contributed by atoms with Gasteiger partial charge in [0.25, 0.3) is 0 Å². The van der Waals surface area contributed by atoms with E-state index >= 15 is 0 Å². The Balaban J connectivity index is 1.25. The summed E-state index contributed by atoms with van der Waals surface area (Å²) in [6.07, 6.45) is 9.57. The number of fused-ring (bicyclic) bond motifs is 1. The van der Waals surface area contributed by atoms with Gasteiger partial charge >= 0.3 is 0 Å². The maximum Gasteiger partial charge on any atom is 0.227 e. The van der Waals surface area contributed by atoms with Crippen molar-refractivity contribution in [2.75, 3.05) is 31.1 Å². The standard InChI is InChI=1S/C25H30N2O/c28-25(27-17-7-12-23-11-4-5-13-24(23)27)20-22-14-18-26(19-15-22)16-6-10-21-8-2-1-3-9-21/h1-6,8-11,13,22H,7,12,14-20H2/b10-6+. The van der Waals surface area contributed by atoms with Crippen molar-refractivity contribution in [3.63, 3.8) is 0 Å². The van der Waals surface area contributed by atoms with Crippen LogP contribution in [0, 0.1) is 5.92 Å². The number of piperidine rings is 1. The number of para-hydroxylation sites is 1. The van der Waals surface area contributed by atoms with E-state index in [4.69, 9.17) is 0 Å². The van der Waals surface area contributed by atoms with E-state index in [1.54, 1.807) is 0 Å². The molecule has 3 nitrogen and oxygen atoms in total. The molecule has 0 spiro atoms. The van der Waals surface area contributed by atoms with Crippen LogP contribution >= 0.6 is 0 Å². The molecule has 28 heavy (non-hydrogen) atoms. The predicted octanol–water partition coefficient (Wildman–Crippen LogP) is 4.78. The minimum absolute atomic E-state index is 0.314. The number of carbonyl (C=O) groups excluding carboxylic acids is 1. The number of anilines is 1. The predicted molar refractivity (Wildman–Crippen MR) is 116 cm³/mol. The fraction of sp³-hybridized carbons (Fsp3) is 0.400. The molecular weight excluding hydrogens is 344 g/mol. The second-order valence-corrected chi connectivity index (χ2v) is 8.04. The molecule has 3 heteroatoms. The van der Waals surface area contributed by atoms with Crippen molar-refractivity contribution in [2.45, 2.75) is 32.1 Å². The molecule has 0 atom stereocenters. The molecule has 0 aliphatic carbocycles. The molecule has 2 aromatic rings. The maximum absolute atomic E-state index is 12.9. The lowest BCUT2D eigenvalue weighted by Gasteiger charge is -2.34. The number of likely N-dealkylation sites (tertiary alicyclic amines) is 1. The van der Waals surface area contributed by atoms with Crippen molar-refractivity contribution in [3.8, 4) is 0 Å². The van der Waals surface area contributed by atoms with E-state index in [1.165, 1.54) is 11.1 Å². The monoisotopic (exact) mass is 374 g/mol. The molecule has 1 amide bonds. The molecule has 0 N–H and O–H groups in total. The van der Waals surface area contributed by atoms with Crippen LogP contribution in [0.4, 0.5) is 5.69 Å². The van der Waals surface area contributed by atoms with E-state index in [-0.39, 0.29) is 0 Å². The fourth-order valence-electron chi connectivity index (χ4n) is 4.42. The van der Waals surface area contributed by atoms with Gasteiger partial charge in [-0.2, -0.15) is 0 Å². The van der Waals surface area contributed by atoms with Crippen molar-refractivity contribution >= 4 is 17.7 Å². The molecular formula is C25H30N2O. The molecule has 0 bridgehead atoms. The lowest BCUT2D eigenvalue weighted by molar-refractivity contribution is -0.119. The summed E-state index contributed by atoms with van der Waals surface area (Å²) in [5.74, 6) is 0.838. The van der Waals surface area contributed by atoms with Crippen LogP contribution in [-0.4, -0.2) is 37.0 Å². The Morgan fingerprint density at radius 3 is 2.54 bits per heavy atom. The quantitative estimate of drug-likeness (QED) is 0.752. The third-order valence-corrected chi connectivity index (χ3v) is 6.06. The molecule has 0 aromatic heterocycles. The normalized spacial score (nSPS) is 18.4. The number of hydrogen-bond donors (Lipinski definition) is 0. The van der Waals surface area contributed by atoms with Crippen molar-refractivity contribution < 1.29 is 4.79 Å². The highest BCUT2D eigenvalue weighted by atomic mass is 16.2. The van der Waals surface area contributed by atoms with Crippen molar-refractivity contribution in [1.29, 1.82) is 0 Å². The van der Waals surface area contributed by atoms with Crippen LogP contribution in [0.2, 0.25) is 0 Å². The molecule has 4 rings (SSSR count). The topological polar surface area (TPSA) is 23.6 Å². The van der Waals surface area contributed by atoms with E-state index in [9.17, 15) is 4.79 Å². The first-order valence-electron chi connectivity index (χ1n) is 10.6. The van der Waals surface area contributed by atoms with Crippen LogP contribution in [-0.2, 0) is 11.2 Å². The first kappa shape index (κ1) is 18.9. The summed E-state index contributed by atoms with van der Waals surface area (Å²) >= 11 is 0. The lowest BCUT2D eigenvalue weighted by atomic mass is 9.92. The zero-order chi connectivity index (χ0) is 19.2. The fourth-order valence-corrected chi connectivity index (χ4v) is 4.42. The third kappa shape index (κ3) is 4.71. The zero-order valence-electron chi connectivity index (χ0n) is 16.6.